The van der Waals surface area contributed by atoms with Crippen molar-refractivity contribution < 1.29 is 0 Å². The number of nitrogens with zero attached hydrogens (tertiary/aromatic N) is 6. The molecule has 6 heteroatoms. The van der Waals surface area contributed by atoms with Crippen molar-refractivity contribution in [1.82, 2.24) is 9.78 Å². The first kappa shape index (κ1) is 9.77. The van der Waals surface area contributed by atoms with Gasteiger partial charge in [-0.2, -0.15) is 10.4 Å². The third kappa shape index (κ3) is 1.59. The van der Waals surface area contributed by atoms with Crippen LogP contribution in [-0.2, 0) is 0 Å². The first-order valence-electron chi connectivity index (χ1n) is 4.45. The van der Waals surface area contributed by atoms with Gasteiger partial charge in [0.25, 0.3) is 0 Å². The number of nitriles is 1. The summed E-state index contributed by atoms with van der Waals surface area (Å²) < 4.78 is 1.43. The molecule has 6 nitrogen and oxygen atoms in total. The molecular formula is C10H6N6. The van der Waals surface area contributed by atoms with Crippen molar-refractivity contribution in [2.24, 2.45) is 5.11 Å². The average Bonchev–Trinajstić information content (AvgIpc) is 2.74. The van der Waals surface area contributed by atoms with Crippen molar-refractivity contribution in [2.45, 2.75) is 0 Å². The van der Waals surface area contributed by atoms with E-state index in [0.717, 1.165) is 5.69 Å². The fourth-order valence-corrected chi connectivity index (χ4v) is 1.32. The summed E-state index contributed by atoms with van der Waals surface area (Å²) in [6.07, 6.45) is 1.37. The predicted molar refractivity (Wildman–Crippen MR) is 57.1 cm³/mol. The number of benzene rings is 1. The minimum atomic E-state index is 0.205. The van der Waals surface area contributed by atoms with E-state index in [2.05, 4.69) is 15.1 Å². The van der Waals surface area contributed by atoms with Crippen LogP contribution in [0, 0.1) is 11.3 Å². The molecule has 76 valence electrons. The van der Waals surface area contributed by atoms with Crippen LogP contribution in [0.15, 0.2) is 41.6 Å². The van der Waals surface area contributed by atoms with Crippen molar-refractivity contribution in [1.29, 1.82) is 5.26 Å². The second-order valence-electron chi connectivity index (χ2n) is 2.93. The van der Waals surface area contributed by atoms with Gasteiger partial charge in [-0.15, -0.1) is 0 Å². The highest BCUT2D eigenvalue weighted by atomic mass is 15.3. The van der Waals surface area contributed by atoms with E-state index in [0.29, 0.717) is 0 Å². The Morgan fingerprint density at radius 3 is 2.75 bits per heavy atom. The van der Waals surface area contributed by atoms with E-state index in [1.807, 2.05) is 36.4 Å². The van der Waals surface area contributed by atoms with E-state index >= 15 is 0 Å². The fourth-order valence-electron chi connectivity index (χ4n) is 1.32. The smallest absolute Gasteiger partial charge is 0.148 e. The highest BCUT2D eigenvalue weighted by Crippen LogP contribution is 2.22. The van der Waals surface area contributed by atoms with Crippen LogP contribution in [0.1, 0.15) is 5.56 Å². The van der Waals surface area contributed by atoms with Gasteiger partial charge in [-0.1, -0.05) is 18.2 Å². The number of hydrogen-bond acceptors (Lipinski definition) is 3. The van der Waals surface area contributed by atoms with Crippen LogP contribution in [0.4, 0.5) is 5.82 Å². The van der Waals surface area contributed by atoms with E-state index in [1.54, 1.807) is 0 Å². The van der Waals surface area contributed by atoms with E-state index in [1.165, 1.54) is 10.9 Å². The summed E-state index contributed by atoms with van der Waals surface area (Å²) in [7, 11) is 0. The first-order chi connectivity index (χ1) is 7.86. The van der Waals surface area contributed by atoms with E-state index in [4.69, 9.17) is 10.8 Å². The standard InChI is InChI=1S/C10H6N6/c11-6-8-7-13-16(10(8)14-15-12)9-4-2-1-3-5-9/h1-5,7H. The third-order valence-electron chi connectivity index (χ3n) is 2.00. The Labute approximate surface area is 91.0 Å². The van der Waals surface area contributed by atoms with Gasteiger partial charge in [-0.25, -0.2) is 4.68 Å². The second-order valence-corrected chi connectivity index (χ2v) is 2.93. The number of hydrogen-bond donors (Lipinski definition) is 0. The van der Waals surface area contributed by atoms with Gasteiger partial charge in [-0.05, 0) is 22.8 Å². The van der Waals surface area contributed by atoms with Gasteiger partial charge >= 0.3 is 0 Å². The Bertz CT molecular complexity index is 586. The molecule has 0 amide bonds. The molecule has 0 fully saturated rings. The minimum Gasteiger partial charge on any atom is -0.230 e. The third-order valence-corrected chi connectivity index (χ3v) is 2.00. The Morgan fingerprint density at radius 1 is 1.38 bits per heavy atom. The summed E-state index contributed by atoms with van der Waals surface area (Å²) in [4.78, 5) is 2.69. The number of azide groups is 1. The summed E-state index contributed by atoms with van der Waals surface area (Å²) in [5, 5.41) is 16.3. The number of rotatable bonds is 2. The monoisotopic (exact) mass is 210 g/mol. The zero-order valence-corrected chi connectivity index (χ0v) is 8.15. The fraction of sp³-hybridized carbons (Fsp3) is 0. The topological polar surface area (TPSA) is 90.4 Å². The molecule has 0 saturated heterocycles. The maximum Gasteiger partial charge on any atom is 0.148 e. The quantitative estimate of drug-likeness (QED) is 0.433. The van der Waals surface area contributed by atoms with Gasteiger partial charge < -0.3 is 0 Å². The summed E-state index contributed by atoms with van der Waals surface area (Å²) in [6.45, 7) is 0. The average molecular weight is 210 g/mol. The summed E-state index contributed by atoms with van der Waals surface area (Å²) in [5.41, 5.74) is 9.43. The van der Waals surface area contributed by atoms with Gasteiger partial charge in [0.15, 0.2) is 0 Å². The van der Waals surface area contributed by atoms with Crippen LogP contribution in [0.5, 0.6) is 0 Å². The largest absolute Gasteiger partial charge is 0.230 e. The molecule has 0 aliphatic heterocycles. The van der Waals surface area contributed by atoms with Crippen LogP contribution in [0.3, 0.4) is 0 Å². The second kappa shape index (κ2) is 4.17. The van der Waals surface area contributed by atoms with Gasteiger partial charge in [0, 0.05) is 4.91 Å². The number of aromatic nitrogens is 2. The van der Waals surface area contributed by atoms with Crippen LogP contribution in [0.25, 0.3) is 16.1 Å². The van der Waals surface area contributed by atoms with Gasteiger partial charge in [0.05, 0.1) is 11.9 Å². The molecule has 0 unspecified atom stereocenters. The lowest BCUT2D eigenvalue weighted by Gasteiger charge is -2.02. The maximum absolute atomic E-state index is 8.82. The predicted octanol–water partition coefficient (Wildman–Crippen LogP) is 2.69. The first-order valence-corrected chi connectivity index (χ1v) is 4.45. The lowest BCUT2D eigenvalue weighted by Crippen LogP contribution is -1.94. The van der Waals surface area contributed by atoms with Crippen LogP contribution in [0.2, 0.25) is 0 Å². The lowest BCUT2D eigenvalue weighted by atomic mass is 10.3. The van der Waals surface area contributed by atoms with Gasteiger partial charge in [0.1, 0.15) is 17.5 Å². The van der Waals surface area contributed by atoms with E-state index < -0.39 is 0 Å². The molecular weight excluding hydrogens is 204 g/mol. The van der Waals surface area contributed by atoms with E-state index in [-0.39, 0.29) is 11.4 Å². The SMILES string of the molecule is N#Cc1cnn(-c2ccccc2)c1N=[N+]=[N-]. The summed E-state index contributed by atoms with van der Waals surface area (Å²) in [5.74, 6) is 0.205. The van der Waals surface area contributed by atoms with Crippen LogP contribution < -0.4 is 0 Å². The highest BCUT2D eigenvalue weighted by molar-refractivity contribution is 5.51. The summed E-state index contributed by atoms with van der Waals surface area (Å²) >= 11 is 0. The van der Waals surface area contributed by atoms with Gasteiger partial charge in [0.2, 0.25) is 0 Å². The maximum atomic E-state index is 8.82. The Morgan fingerprint density at radius 2 is 2.12 bits per heavy atom. The molecule has 0 spiro atoms. The molecule has 2 aromatic rings. The minimum absolute atomic E-state index is 0.205. The normalized spacial score (nSPS) is 9.19. The number of para-hydroxylation sites is 1. The zero-order valence-electron chi connectivity index (χ0n) is 8.15. The van der Waals surface area contributed by atoms with Crippen LogP contribution in [-0.4, -0.2) is 9.78 Å². The zero-order chi connectivity index (χ0) is 11.4. The molecule has 0 atom stereocenters. The van der Waals surface area contributed by atoms with Crippen LogP contribution >= 0.6 is 0 Å². The molecule has 1 heterocycles. The van der Waals surface area contributed by atoms with Gasteiger partial charge in [-0.3, -0.25) is 0 Å². The van der Waals surface area contributed by atoms with Crippen molar-refractivity contribution in [2.75, 3.05) is 0 Å². The molecule has 16 heavy (non-hydrogen) atoms. The highest BCUT2D eigenvalue weighted by Gasteiger charge is 2.09. The van der Waals surface area contributed by atoms with E-state index in [9.17, 15) is 0 Å². The Balaban J connectivity index is 2.63. The van der Waals surface area contributed by atoms with Crippen molar-refractivity contribution >= 4 is 5.82 Å². The van der Waals surface area contributed by atoms with Crippen molar-refractivity contribution in [3.05, 3.63) is 52.5 Å². The molecule has 0 bridgehead atoms. The molecule has 1 aromatic heterocycles. The molecule has 2 rings (SSSR count). The van der Waals surface area contributed by atoms with Crippen molar-refractivity contribution in [3.63, 3.8) is 0 Å². The molecule has 1 aromatic carbocycles. The summed E-state index contributed by atoms with van der Waals surface area (Å²) in [6, 6.07) is 11.1. The lowest BCUT2D eigenvalue weighted by molar-refractivity contribution is 0.878. The molecule has 0 N–H and O–H groups in total. The molecule has 0 saturated carbocycles. The molecule has 0 aliphatic carbocycles. The Hall–Kier alpha value is -2.77. The Kier molecular flexibility index (Phi) is 2.55. The molecule has 0 aliphatic rings. The van der Waals surface area contributed by atoms with Crippen molar-refractivity contribution in [3.8, 4) is 11.8 Å². The molecule has 0 radical (unpaired) electrons.